The Morgan fingerprint density at radius 1 is 1.38 bits per heavy atom. The van der Waals surface area contributed by atoms with Gasteiger partial charge < -0.3 is 9.84 Å². The van der Waals surface area contributed by atoms with Crippen LogP contribution < -0.4 is 10.3 Å². The second kappa shape index (κ2) is 7.26. The van der Waals surface area contributed by atoms with Crippen LogP contribution in [0.25, 0.3) is 0 Å². The van der Waals surface area contributed by atoms with Crippen molar-refractivity contribution in [2.75, 3.05) is 37.7 Å². The van der Waals surface area contributed by atoms with E-state index in [1.54, 1.807) is 29.3 Å². The molecule has 1 saturated heterocycles. The summed E-state index contributed by atoms with van der Waals surface area (Å²) in [7, 11) is 0. The van der Waals surface area contributed by atoms with Gasteiger partial charge in [0.05, 0.1) is 13.2 Å². The van der Waals surface area contributed by atoms with Crippen LogP contribution in [0.3, 0.4) is 0 Å². The van der Waals surface area contributed by atoms with Crippen molar-refractivity contribution in [2.24, 2.45) is 0 Å². The molecule has 0 spiro atoms. The lowest BCUT2D eigenvalue weighted by molar-refractivity contribution is -0.135. The predicted molar refractivity (Wildman–Crippen MR) is 77.4 cm³/mol. The Hall–Kier alpha value is -1.83. The molecule has 2 N–H and O–H groups in total. The second-order valence-corrected chi connectivity index (χ2v) is 4.91. The van der Waals surface area contributed by atoms with Crippen molar-refractivity contribution in [3.05, 3.63) is 29.3 Å². The van der Waals surface area contributed by atoms with Crippen LogP contribution >= 0.6 is 11.6 Å². The van der Waals surface area contributed by atoms with Crippen LogP contribution in [0.2, 0.25) is 5.02 Å². The maximum atomic E-state index is 12.3. The molecule has 1 fully saturated rings. The van der Waals surface area contributed by atoms with E-state index in [4.69, 9.17) is 21.4 Å². The van der Waals surface area contributed by atoms with Gasteiger partial charge in [0.15, 0.2) is 0 Å². The normalized spacial score (nSPS) is 15.5. The van der Waals surface area contributed by atoms with E-state index in [1.165, 1.54) is 0 Å². The van der Waals surface area contributed by atoms with Crippen molar-refractivity contribution in [1.82, 2.24) is 10.4 Å². The molecule has 0 aromatic heterocycles. The number of hydrazine groups is 1. The van der Waals surface area contributed by atoms with Gasteiger partial charge in [0.25, 0.3) is 0 Å². The second-order valence-electron chi connectivity index (χ2n) is 4.48. The molecule has 1 aliphatic rings. The molecule has 1 aromatic rings. The highest BCUT2D eigenvalue weighted by Gasteiger charge is 2.22. The fourth-order valence-corrected chi connectivity index (χ4v) is 2.11. The molecule has 8 heteroatoms. The van der Waals surface area contributed by atoms with Gasteiger partial charge in [-0.15, -0.1) is 0 Å². The number of morpholine rings is 1. The van der Waals surface area contributed by atoms with E-state index < -0.39 is 18.5 Å². The number of hydrogen-bond donors (Lipinski definition) is 2. The van der Waals surface area contributed by atoms with Crippen LogP contribution in [0.5, 0.6) is 0 Å². The zero-order valence-corrected chi connectivity index (χ0v) is 12.0. The Kier molecular flexibility index (Phi) is 5.38. The number of rotatable bonds is 4. The minimum Gasteiger partial charge on any atom is -0.480 e. The highest BCUT2D eigenvalue weighted by molar-refractivity contribution is 6.30. The number of aliphatic carboxylic acids is 1. The molecule has 1 aromatic carbocycles. The predicted octanol–water partition coefficient (Wildman–Crippen LogP) is 1.19. The van der Waals surface area contributed by atoms with Crippen LogP contribution in [-0.2, 0) is 9.53 Å². The largest absolute Gasteiger partial charge is 0.480 e. The van der Waals surface area contributed by atoms with Crippen molar-refractivity contribution in [2.45, 2.75) is 0 Å². The molecule has 0 saturated carbocycles. The third-order valence-electron chi connectivity index (χ3n) is 2.92. The molecule has 2 amide bonds. The van der Waals surface area contributed by atoms with Crippen molar-refractivity contribution in [1.29, 1.82) is 0 Å². The fraction of sp³-hybridized carbons (Fsp3) is 0.385. The van der Waals surface area contributed by atoms with E-state index in [-0.39, 0.29) is 0 Å². The van der Waals surface area contributed by atoms with Gasteiger partial charge in [-0.2, -0.15) is 0 Å². The van der Waals surface area contributed by atoms with Crippen LogP contribution in [0.15, 0.2) is 24.3 Å². The summed E-state index contributed by atoms with van der Waals surface area (Å²) in [5.41, 5.74) is 3.10. The van der Waals surface area contributed by atoms with Gasteiger partial charge in [-0.05, 0) is 18.2 Å². The number of nitrogens with one attached hydrogen (secondary N) is 1. The molecule has 2 rings (SSSR count). The Morgan fingerprint density at radius 3 is 2.71 bits per heavy atom. The molecule has 0 aliphatic carbocycles. The average Bonchev–Trinajstić information content (AvgIpc) is 2.45. The lowest BCUT2D eigenvalue weighted by atomic mass is 10.3. The van der Waals surface area contributed by atoms with E-state index in [2.05, 4.69) is 5.43 Å². The number of urea groups is 1. The first-order valence-corrected chi connectivity index (χ1v) is 6.82. The highest BCUT2D eigenvalue weighted by atomic mass is 35.5. The molecule has 0 atom stereocenters. The van der Waals surface area contributed by atoms with Gasteiger partial charge in [-0.1, -0.05) is 17.7 Å². The monoisotopic (exact) mass is 313 g/mol. The topological polar surface area (TPSA) is 82.1 Å². The number of hydrogen-bond acceptors (Lipinski definition) is 4. The zero-order chi connectivity index (χ0) is 15.2. The lowest BCUT2D eigenvalue weighted by Crippen LogP contribution is -2.53. The summed E-state index contributed by atoms with van der Waals surface area (Å²) in [5, 5.41) is 11.1. The van der Waals surface area contributed by atoms with Crippen LogP contribution in [0, 0.1) is 0 Å². The number of halogens is 1. The number of nitrogens with zero attached hydrogens (tertiary/aromatic N) is 2. The quantitative estimate of drug-likeness (QED) is 0.872. The van der Waals surface area contributed by atoms with Gasteiger partial charge in [0.1, 0.15) is 6.54 Å². The Morgan fingerprint density at radius 2 is 2.10 bits per heavy atom. The smallest absolute Gasteiger partial charge is 0.336 e. The van der Waals surface area contributed by atoms with Gasteiger partial charge in [-0.3, -0.25) is 15.1 Å². The first-order chi connectivity index (χ1) is 10.1. The molecule has 1 aliphatic heterocycles. The van der Waals surface area contributed by atoms with Gasteiger partial charge in [-0.25, -0.2) is 9.80 Å². The van der Waals surface area contributed by atoms with E-state index in [0.29, 0.717) is 37.0 Å². The van der Waals surface area contributed by atoms with E-state index in [0.717, 1.165) is 4.90 Å². The number of carbonyl (C=O) groups is 2. The van der Waals surface area contributed by atoms with Gasteiger partial charge in [0.2, 0.25) is 0 Å². The Labute approximate surface area is 127 Å². The SMILES string of the molecule is O=C(O)CN(C(=O)NN1CCOCC1)c1cccc(Cl)c1. The Bertz CT molecular complexity index is 520. The third-order valence-corrected chi connectivity index (χ3v) is 3.16. The van der Waals surface area contributed by atoms with Crippen LogP contribution in [0.1, 0.15) is 0 Å². The first kappa shape index (κ1) is 15.6. The molecule has 0 unspecified atom stereocenters. The number of amides is 2. The van der Waals surface area contributed by atoms with Crippen molar-refractivity contribution in [3.63, 3.8) is 0 Å². The molecular weight excluding hydrogens is 298 g/mol. The number of anilines is 1. The first-order valence-electron chi connectivity index (χ1n) is 6.44. The maximum absolute atomic E-state index is 12.3. The average molecular weight is 314 g/mol. The summed E-state index contributed by atoms with van der Waals surface area (Å²) in [4.78, 5) is 24.4. The summed E-state index contributed by atoms with van der Waals surface area (Å²) in [6.45, 7) is 1.72. The number of carboxylic acid groups (broad SMARTS) is 1. The third kappa shape index (κ3) is 4.59. The molecule has 114 valence electrons. The lowest BCUT2D eigenvalue weighted by Gasteiger charge is -2.30. The molecule has 21 heavy (non-hydrogen) atoms. The van der Waals surface area contributed by atoms with Crippen molar-refractivity contribution in [3.8, 4) is 0 Å². The minimum atomic E-state index is -1.10. The molecule has 1 heterocycles. The van der Waals surface area contributed by atoms with Gasteiger partial charge >= 0.3 is 12.0 Å². The van der Waals surface area contributed by atoms with Crippen LogP contribution in [-0.4, -0.2) is 55.0 Å². The summed E-state index contributed by atoms with van der Waals surface area (Å²) in [5.74, 6) is -1.10. The molecule has 7 nitrogen and oxygen atoms in total. The van der Waals surface area contributed by atoms with E-state index in [9.17, 15) is 9.59 Å². The van der Waals surface area contributed by atoms with E-state index >= 15 is 0 Å². The highest BCUT2D eigenvalue weighted by Crippen LogP contribution is 2.19. The summed E-state index contributed by atoms with van der Waals surface area (Å²) in [6, 6.07) is 5.98. The summed E-state index contributed by atoms with van der Waals surface area (Å²) >= 11 is 5.89. The number of ether oxygens (including phenoxy) is 1. The van der Waals surface area contributed by atoms with E-state index in [1.807, 2.05) is 0 Å². The van der Waals surface area contributed by atoms with Crippen molar-refractivity contribution >= 4 is 29.3 Å². The fourth-order valence-electron chi connectivity index (χ4n) is 1.93. The molecular formula is C13H16ClN3O4. The molecule has 0 radical (unpaired) electrons. The standard InChI is InChI=1S/C13H16ClN3O4/c14-10-2-1-3-11(8-10)17(9-12(18)19)13(20)15-16-4-6-21-7-5-16/h1-3,8H,4-7,9H2,(H,15,20)(H,18,19). The van der Waals surface area contributed by atoms with Gasteiger partial charge in [0, 0.05) is 23.8 Å². The maximum Gasteiger partial charge on any atom is 0.336 e. The minimum absolute atomic E-state index is 0.427. The number of carbonyl (C=O) groups excluding carboxylic acids is 1. The summed E-state index contributed by atoms with van der Waals surface area (Å²) < 4.78 is 5.19. The van der Waals surface area contributed by atoms with Crippen molar-refractivity contribution < 1.29 is 19.4 Å². The Balaban J connectivity index is 2.11. The number of benzene rings is 1. The summed E-state index contributed by atoms with van der Waals surface area (Å²) in [6.07, 6.45) is 0. The number of carboxylic acids is 1. The van der Waals surface area contributed by atoms with Crippen LogP contribution in [0.4, 0.5) is 10.5 Å². The zero-order valence-electron chi connectivity index (χ0n) is 11.3. The molecule has 0 bridgehead atoms.